The van der Waals surface area contributed by atoms with Crippen LogP contribution in [0.25, 0.3) is 0 Å². The monoisotopic (exact) mass is 268 g/mol. The first kappa shape index (κ1) is 12.6. The summed E-state index contributed by atoms with van der Waals surface area (Å²) in [5, 5.41) is 4.11. The second kappa shape index (κ2) is 4.81. The third-order valence-electron chi connectivity index (χ3n) is 2.83. The lowest BCUT2D eigenvalue weighted by Gasteiger charge is -2.08. The molecule has 2 heterocycles. The highest BCUT2D eigenvalue weighted by molar-refractivity contribution is 6.30. The van der Waals surface area contributed by atoms with Crippen LogP contribution in [-0.2, 0) is 20.0 Å². The summed E-state index contributed by atoms with van der Waals surface area (Å²) < 4.78 is 2.74. The van der Waals surface area contributed by atoms with E-state index in [0.29, 0.717) is 12.0 Å². The maximum absolute atomic E-state index is 12.1. The SMILES string of the molecule is CCc1c(Cl)[nH]c(=O)n(Cc2ccnn2C)c1=O. The van der Waals surface area contributed by atoms with Crippen molar-refractivity contribution in [1.82, 2.24) is 19.3 Å². The van der Waals surface area contributed by atoms with Gasteiger partial charge in [0.1, 0.15) is 5.15 Å². The summed E-state index contributed by atoms with van der Waals surface area (Å²) in [7, 11) is 1.76. The molecule has 0 atom stereocenters. The summed E-state index contributed by atoms with van der Waals surface area (Å²) >= 11 is 5.83. The first-order chi connectivity index (χ1) is 8.54. The largest absolute Gasteiger partial charge is 0.329 e. The van der Waals surface area contributed by atoms with Gasteiger partial charge in [-0.1, -0.05) is 18.5 Å². The third-order valence-corrected chi connectivity index (χ3v) is 3.15. The number of nitrogens with one attached hydrogen (secondary N) is 1. The highest BCUT2D eigenvalue weighted by Crippen LogP contribution is 2.06. The Morgan fingerprint density at radius 3 is 2.72 bits per heavy atom. The number of H-pyrrole nitrogens is 1. The van der Waals surface area contributed by atoms with Crippen molar-refractivity contribution >= 4 is 11.6 Å². The second-order valence-corrected chi connectivity index (χ2v) is 4.29. The maximum atomic E-state index is 12.1. The van der Waals surface area contributed by atoms with Gasteiger partial charge in [0.2, 0.25) is 0 Å². The number of hydrogen-bond acceptors (Lipinski definition) is 3. The van der Waals surface area contributed by atoms with Crippen LogP contribution in [0.4, 0.5) is 0 Å². The molecule has 2 rings (SSSR count). The minimum absolute atomic E-state index is 0.119. The minimum Gasteiger partial charge on any atom is -0.297 e. The zero-order chi connectivity index (χ0) is 13.3. The Labute approximate surface area is 108 Å². The maximum Gasteiger partial charge on any atom is 0.329 e. The fourth-order valence-corrected chi connectivity index (χ4v) is 2.05. The van der Waals surface area contributed by atoms with Gasteiger partial charge in [-0.2, -0.15) is 5.10 Å². The summed E-state index contributed by atoms with van der Waals surface area (Å²) in [5.74, 6) is 0. The molecule has 0 fully saturated rings. The lowest BCUT2D eigenvalue weighted by atomic mass is 10.2. The van der Waals surface area contributed by atoms with E-state index in [2.05, 4.69) is 10.1 Å². The van der Waals surface area contributed by atoms with Crippen LogP contribution in [0.3, 0.4) is 0 Å². The molecule has 0 aliphatic heterocycles. The molecule has 0 unspecified atom stereocenters. The molecule has 0 bridgehead atoms. The van der Waals surface area contributed by atoms with E-state index in [9.17, 15) is 9.59 Å². The Morgan fingerprint density at radius 1 is 1.44 bits per heavy atom. The van der Waals surface area contributed by atoms with Crippen molar-refractivity contribution in [1.29, 1.82) is 0 Å². The lowest BCUT2D eigenvalue weighted by Crippen LogP contribution is -2.38. The first-order valence-corrected chi connectivity index (χ1v) is 5.90. The first-order valence-electron chi connectivity index (χ1n) is 5.53. The van der Waals surface area contributed by atoms with Crippen molar-refractivity contribution in [3.8, 4) is 0 Å². The Balaban J connectivity index is 2.55. The van der Waals surface area contributed by atoms with E-state index in [-0.39, 0.29) is 17.3 Å². The van der Waals surface area contributed by atoms with Crippen molar-refractivity contribution in [2.75, 3.05) is 0 Å². The number of aromatic amines is 1. The summed E-state index contributed by atoms with van der Waals surface area (Å²) in [6.07, 6.45) is 2.09. The van der Waals surface area contributed by atoms with Crippen LogP contribution >= 0.6 is 11.6 Å². The average molecular weight is 269 g/mol. The van der Waals surface area contributed by atoms with Gasteiger partial charge in [-0.3, -0.25) is 19.0 Å². The van der Waals surface area contributed by atoms with Crippen molar-refractivity contribution in [2.24, 2.45) is 7.05 Å². The molecule has 0 saturated heterocycles. The fraction of sp³-hybridized carbons (Fsp3) is 0.364. The molecule has 6 nitrogen and oxygen atoms in total. The van der Waals surface area contributed by atoms with E-state index < -0.39 is 5.69 Å². The molecule has 0 saturated carbocycles. The molecule has 0 aliphatic rings. The summed E-state index contributed by atoms with van der Waals surface area (Å²) in [5.41, 5.74) is 0.321. The van der Waals surface area contributed by atoms with E-state index >= 15 is 0 Å². The van der Waals surface area contributed by atoms with Gasteiger partial charge >= 0.3 is 5.69 Å². The van der Waals surface area contributed by atoms with Crippen LogP contribution < -0.4 is 11.2 Å². The van der Waals surface area contributed by atoms with Crippen LogP contribution in [0, 0.1) is 0 Å². The van der Waals surface area contributed by atoms with Gasteiger partial charge < -0.3 is 0 Å². The fourth-order valence-electron chi connectivity index (χ4n) is 1.75. The molecular formula is C11H13ClN4O2. The molecule has 2 aromatic rings. The van der Waals surface area contributed by atoms with E-state index in [0.717, 1.165) is 10.3 Å². The van der Waals surface area contributed by atoms with Crippen LogP contribution in [0.2, 0.25) is 5.15 Å². The zero-order valence-electron chi connectivity index (χ0n) is 10.1. The topological polar surface area (TPSA) is 72.7 Å². The normalized spacial score (nSPS) is 10.8. The molecule has 7 heteroatoms. The van der Waals surface area contributed by atoms with Gasteiger partial charge in [0.25, 0.3) is 5.56 Å². The molecule has 1 N–H and O–H groups in total. The van der Waals surface area contributed by atoms with Crippen LogP contribution in [0.1, 0.15) is 18.2 Å². The Bertz CT molecular complexity index is 683. The summed E-state index contributed by atoms with van der Waals surface area (Å²) in [6, 6.07) is 1.76. The molecule has 2 aromatic heterocycles. The predicted octanol–water partition coefficient (Wildman–Crippen LogP) is 0.534. The molecule has 96 valence electrons. The summed E-state index contributed by atoms with van der Waals surface area (Å²) in [6.45, 7) is 1.99. The minimum atomic E-state index is -0.511. The number of aryl methyl sites for hydroxylation is 1. The third kappa shape index (κ3) is 2.11. The molecular weight excluding hydrogens is 256 g/mol. The smallest absolute Gasteiger partial charge is 0.297 e. The summed E-state index contributed by atoms with van der Waals surface area (Å²) in [4.78, 5) is 26.3. The number of aromatic nitrogens is 4. The van der Waals surface area contributed by atoms with E-state index in [1.54, 1.807) is 24.0 Å². The molecule has 0 spiro atoms. The molecule has 0 aliphatic carbocycles. The second-order valence-electron chi connectivity index (χ2n) is 3.91. The lowest BCUT2D eigenvalue weighted by molar-refractivity contribution is 0.623. The Kier molecular flexibility index (Phi) is 3.38. The standard InChI is InChI=1S/C11H13ClN4O2/c1-3-8-9(12)14-11(18)16(10(8)17)6-7-4-5-13-15(7)2/h4-5H,3,6H2,1-2H3,(H,14,18). The van der Waals surface area contributed by atoms with Crippen molar-refractivity contribution in [3.05, 3.63) is 49.5 Å². The predicted molar refractivity (Wildman–Crippen MR) is 68.0 cm³/mol. The highest BCUT2D eigenvalue weighted by atomic mass is 35.5. The van der Waals surface area contributed by atoms with Crippen molar-refractivity contribution in [2.45, 2.75) is 19.9 Å². The van der Waals surface area contributed by atoms with Gasteiger partial charge in [0.05, 0.1) is 17.8 Å². The quantitative estimate of drug-likeness (QED) is 0.826. The molecule has 0 aromatic carbocycles. The van der Waals surface area contributed by atoms with E-state index in [1.165, 1.54) is 0 Å². The molecule has 0 radical (unpaired) electrons. The van der Waals surface area contributed by atoms with Crippen molar-refractivity contribution < 1.29 is 0 Å². The van der Waals surface area contributed by atoms with Gasteiger partial charge in [0, 0.05) is 13.2 Å². The number of nitrogens with zero attached hydrogens (tertiary/aromatic N) is 3. The van der Waals surface area contributed by atoms with Crippen molar-refractivity contribution in [3.63, 3.8) is 0 Å². The van der Waals surface area contributed by atoms with Crippen LogP contribution in [-0.4, -0.2) is 19.3 Å². The van der Waals surface area contributed by atoms with E-state index in [4.69, 9.17) is 11.6 Å². The highest BCUT2D eigenvalue weighted by Gasteiger charge is 2.12. The van der Waals surface area contributed by atoms with Gasteiger partial charge in [-0.05, 0) is 12.5 Å². The van der Waals surface area contributed by atoms with Gasteiger partial charge in [0.15, 0.2) is 0 Å². The van der Waals surface area contributed by atoms with E-state index in [1.807, 2.05) is 6.92 Å². The number of hydrogen-bond donors (Lipinski definition) is 1. The molecule has 0 amide bonds. The zero-order valence-corrected chi connectivity index (χ0v) is 10.9. The van der Waals surface area contributed by atoms with Gasteiger partial charge in [-0.15, -0.1) is 0 Å². The Hall–Kier alpha value is -1.82. The molecule has 18 heavy (non-hydrogen) atoms. The average Bonchev–Trinajstić information content (AvgIpc) is 2.70. The Morgan fingerprint density at radius 2 is 2.17 bits per heavy atom. The number of rotatable bonds is 3. The van der Waals surface area contributed by atoms with Gasteiger partial charge in [-0.25, -0.2) is 4.79 Å². The van der Waals surface area contributed by atoms with Crippen LogP contribution in [0.5, 0.6) is 0 Å². The number of halogens is 1. The van der Waals surface area contributed by atoms with Crippen LogP contribution in [0.15, 0.2) is 21.9 Å².